The van der Waals surface area contributed by atoms with Crippen molar-refractivity contribution in [2.75, 3.05) is 40.1 Å². The summed E-state index contributed by atoms with van der Waals surface area (Å²) in [5, 5.41) is 2.62. The van der Waals surface area contributed by atoms with Crippen molar-refractivity contribution in [2.24, 2.45) is 0 Å². The lowest BCUT2D eigenvalue weighted by Crippen LogP contribution is -2.29. The summed E-state index contributed by atoms with van der Waals surface area (Å²) in [5.74, 6) is -1.12. The fourth-order valence-electron chi connectivity index (χ4n) is 1.39. The number of hydrogen-bond acceptors (Lipinski definition) is 5. The van der Waals surface area contributed by atoms with Crippen molar-refractivity contribution in [3.05, 3.63) is 0 Å². The van der Waals surface area contributed by atoms with Gasteiger partial charge in [0.1, 0.15) is 6.61 Å². The van der Waals surface area contributed by atoms with E-state index >= 15 is 0 Å². The lowest BCUT2D eigenvalue weighted by atomic mass is 10.2. The van der Waals surface area contributed by atoms with E-state index in [1.54, 1.807) is 0 Å². The number of alkyl halides is 3. The first-order valence-electron chi connectivity index (χ1n) is 6.91. The Balaban J connectivity index is 3.39. The van der Waals surface area contributed by atoms with Crippen LogP contribution in [0.5, 0.6) is 0 Å². The first-order valence-corrected chi connectivity index (χ1v) is 6.91. The number of ether oxygens (including phenoxy) is 3. The van der Waals surface area contributed by atoms with E-state index in [-0.39, 0.29) is 18.9 Å². The fraction of sp³-hybridized carbons (Fsp3) is 0.846. The molecule has 0 aliphatic rings. The van der Waals surface area contributed by atoms with E-state index in [4.69, 9.17) is 9.47 Å². The van der Waals surface area contributed by atoms with Crippen molar-refractivity contribution in [3.63, 3.8) is 0 Å². The second kappa shape index (κ2) is 12.2. The Bertz CT molecular complexity index is 323. The van der Waals surface area contributed by atoms with Crippen molar-refractivity contribution >= 4 is 11.9 Å². The summed E-state index contributed by atoms with van der Waals surface area (Å²) in [7, 11) is 1.53. The average molecular weight is 329 g/mol. The number of esters is 1. The first-order chi connectivity index (χ1) is 10.3. The van der Waals surface area contributed by atoms with Gasteiger partial charge in [-0.15, -0.1) is 0 Å². The zero-order valence-electron chi connectivity index (χ0n) is 12.5. The number of carbonyl (C=O) groups excluding carboxylic acids is 2. The van der Waals surface area contributed by atoms with Crippen LogP contribution >= 0.6 is 0 Å². The molecule has 0 aromatic heterocycles. The number of unbranched alkanes of at least 4 members (excludes halogenated alkanes) is 2. The van der Waals surface area contributed by atoms with Gasteiger partial charge < -0.3 is 19.5 Å². The highest BCUT2D eigenvalue weighted by Crippen LogP contribution is 2.15. The van der Waals surface area contributed by atoms with Gasteiger partial charge in [0.25, 0.3) is 0 Å². The molecule has 0 aromatic rings. The summed E-state index contributed by atoms with van der Waals surface area (Å²) < 4.78 is 49.1. The van der Waals surface area contributed by atoms with Gasteiger partial charge in [0.05, 0.1) is 13.2 Å². The molecule has 0 rings (SSSR count). The molecule has 0 spiro atoms. The Labute approximate surface area is 127 Å². The Morgan fingerprint density at radius 3 is 2.45 bits per heavy atom. The number of halogens is 3. The summed E-state index contributed by atoms with van der Waals surface area (Å²) in [5.41, 5.74) is 0. The quantitative estimate of drug-likeness (QED) is 0.433. The highest BCUT2D eigenvalue weighted by atomic mass is 19.4. The molecule has 0 heterocycles. The molecule has 0 aliphatic carbocycles. The number of amides is 1. The second-order valence-electron chi connectivity index (χ2n) is 4.48. The van der Waals surface area contributed by atoms with Gasteiger partial charge in [-0.2, -0.15) is 13.2 Å². The smallest absolute Gasteiger partial charge is 0.422 e. The third-order valence-corrected chi connectivity index (χ3v) is 2.44. The highest BCUT2D eigenvalue weighted by molar-refractivity contribution is 5.77. The Morgan fingerprint density at radius 2 is 1.82 bits per heavy atom. The molecule has 6 nitrogen and oxygen atoms in total. The normalized spacial score (nSPS) is 11.3. The number of nitrogens with one attached hydrogen (secondary N) is 1. The van der Waals surface area contributed by atoms with E-state index in [9.17, 15) is 22.8 Å². The number of methoxy groups -OCH3 is 1. The lowest BCUT2D eigenvalue weighted by Gasteiger charge is -2.08. The van der Waals surface area contributed by atoms with E-state index < -0.39 is 18.8 Å². The molecule has 0 aromatic carbocycles. The summed E-state index contributed by atoms with van der Waals surface area (Å²) in [4.78, 5) is 22.3. The Kier molecular flexibility index (Phi) is 11.5. The minimum absolute atomic E-state index is 0.0485. The third kappa shape index (κ3) is 15.0. The molecule has 0 saturated heterocycles. The van der Waals surface area contributed by atoms with Gasteiger partial charge in [0.2, 0.25) is 5.91 Å². The van der Waals surface area contributed by atoms with Gasteiger partial charge >= 0.3 is 12.1 Å². The molecule has 0 unspecified atom stereocenters. The van der Waals surface area contributed by atoms with Crippen LogP contribution in [0.15, 0.2) is 0 Å². The molecule has 0 aliphatic heterocycles. The van der Waals surface area contributed by atoms with Crippen molar-refractivity contribution in [1.29, 1.82) is 0 Å². The zero-order valence-corrected chi connectivity index (χ0v) is 12.5. The average Bonchev–Trinajstić information content (AvgIpc) is 2.44. The molecular formula is C13H22F3NO5. The molecule has 0 saturated carbocycles. The van der Waals surface area contributed by atoms with Gasteiger partial charge in [0, 0.05) is 20.1 Å². The van der Waals surface area contributed by atoms with Crippen molar-refractivity contribution < 1.29 is 37.0 Å². The van der Waals surface area contributed by atoms with E-state index in [1.807, 2.05) is 0 Å². The minimum atomic E-state index is -4.49. The van der Waals surface area contributed by atoms with Crippen LogP contribution in [0.1, 0.15) is 25.7 Å². The second-order valence-corrected chi connectivity index (χ2v) is 4.48. The molecule has 9 heteroatoms. The standard InChI is InChI=1S/C13H22F3NO5/c1-20-7-8-21-9-11(18)17-6-4-2-3-5-12(19)22-10-13(14,15)16/h2-10H2,1H3,(H,17,18). The number of rotatable bonds is 12. The minimum Gasteiger partial charge on any atom is -0.456 e. The van der Waals surface area contributed by atoms with E-state index in [2.05, 4.69) is 10.1 Å². The maximum atomic E-state index is 11.8. The van der Waals surface area contributed by atoms with Gasteiger partial charge in [-0.3, -0.25) is 9.59 Å². The summed E-state index contributed by atoms with van der Waals surface area (Å²) in [6.45, 7) is -0.427. The number of carbonyl (C=O) groups is 2. The molecule has 0 bridgehead atoms. The summed E-state index contributed by atoms with van der Waals surface area (Å²) in [6.07, 6.45) is -2.92. The molecule has 1 amide bonds. The van der Waals surface area contributed by atoms with Gasteiger partial charge in [-0.1, -0.05) is 6.42 Å². The number of hydrogen-bond donors (Lipinski definition) is 1. The van der Waals surface area contributed by atoms with Crippen LogP contribution in [0.25, 0.3) is 0 Å². The molecule has 0 atom stereocenters. The van der Waals surface area contributed by atoms with Gasteiger partial charge in [-0.05, 0) is 12.8 Å². The van der Waals surface area contributed by atoms with E-state index in [1.165, 1.54) is 7.11 Å². The third-order valence-electron chi connectivity index (χ3n) is 2.44. The molecule has 1 N–H and O–H groups in total. The monoisotopic (exact) mass is 329 g/mol. The van der Waals surface area contributed by atoms with Crippen LogP contribution < -0.4 is 5.32 Å². The lowest BCUT2D eigenvalue weighted by molar-refractivity contribution is -0.186. The maximum Gasteiger partial charge on any atom is 0.422 e. The van der Waals surface area contributed by atoms with Crippen LogP contribution in [-0.2, 0) is 23.8 Å². The van der Waals surface area contributed by atoms with Crippen LogP contribution in [0.4, 0.5) is 13.2 Å². The highest BCUT2D eigenvalue weighted by Gasteiger charge is 2.29. The van der Waals surface area contributed by atoms with Gasteiger partial charge in [-0.25, -0.2) is 0 Å². The van der Waals surface area contributed by atoms with Crippen LogP contribution in [0.3, 0.4) is 0 Å². The summed E-state index contributed by atoms with van der Waals surface area (Å²) in [6, 6.07) is 0. The molecular weight excluding hydrogens is 307 g/mol. The summed E-state index contributed by atoms with van der Waals surface area (Å²) >= 11 is 0. The van der Waals surface area contributed by atoms with E-state index in [0.717, 1.165) is 0 Å². The van der Waals surface area contributed by atoms with Crippen molar-refractivity contribution in [2.45, 2.75) is 31.9 Å². The van der Waals surface area contributed by atoms with Gasteiger partial charge in [0.15, 0.2) is 6.61 Å². The topological polar surface area (TPSA) is 73.9 Å². The zero-order chi connectivity index (χ0) is 16.8. The Hall–Kier alpha value is -1.35. The largest absolute Gasteiger partial charge is 0.456 e. The van der Waals surface area contributed by atoms with Crippen LogP contribution in [-0.4, -0.2) is 58.1 Å². The predicted octanol–water partition coefficient (Wildman–Crippen LogP) is 1.43. The van der Waals surface area contributed by atoms with Crippen molar-refractivity contribution in [1.82, 2.24) is 5.32 Å². The molecule has 22 heavy (non-hydrogen) atoms. The Morgan fingerprint density at radius 1 is 1.09 bits per heavy atom. The van der Waals surface area contributed by atoms with Crippen molar-refractivity contribution in [3.8, 4) is 0 Å². The predicted molar refractivity (Wildman–Crippen MR) is 71.2 cm³/mol. The first kappa shape index (κ1) is 20.6. The van der Waals surface area contributed by atoms with Crippen LogP contribution in [0, 0.1) is 0 Å². The SMILES string of the molecule is COCCOCC(=O)NCCCCCC(=O)OCC(F)(F)F. The fourth-order valence-corrected chi connectivity index (χ4v) is 1.39. The molecule has 0 fully saturated rings. The van der Waals surface area contributed by atoms with E-state index in [0.29, 0.717) is 39.0 Å². The molecule has 0 radical (unpaired) electrons. The molecule has 130 valence electrons. The van der Waals surface area contributed by atoms with Crippen LogP contribution in [0.2, 0.25) is 0 Å². The maximum absolute atomic E-state index is 11.8.